The van der Waals surface area contributed by atoms with Crippen LogP contribution in [0.25, 0.3) is 0 Å². The molecule has 6 nitrogen and oxygen atoms in total. The maximum Gasteiger partial charge on any atom is 0.417 e. The van der Waals surface area contributed by atoms with Crippen molar-refractivity contribution in [2.45, 2.75) is 6.18 Å². The molecule has 3 rings (SSSR count). The molecule has 0 atom stereocenters. The number of alkyl halides is 3. The van der Waals surface area contributed by atoms with Crippen molar-refractivity contribution in [1.82, 2.24) is 4.98 Å². The average molecular weight is 441 g/mol. The van der Waals surface area contributed by atoms with Crippen molar-refractivity contribution in [3.8, 4) is 0 Å². The highest BCUT2D eigenvalue weighted by molar-refractivity contribution is 7.80. The predicted molar refractivity (Wildman–Crippen MR) is 107 cm³/mol. The third-order valence-corrected chi connectivity index (χ3v) is 4.13. The molecule has 3 N–H and O–H groups in total. The van der Waals surface area contributed by atoms with E-state index < -0.39 is 22.7 Å². The van der Waals surface area contributed by atoms with Crippen molar-refractivity contribution in [3.63, 3.8) is 0 Å². The van der Waals surface area contributed by atoms with Gasteiger partial charge in [-0.05, 0) is 54.7 Å². The van der Waals surface area contributed by atoms with Crippen LogP contribution in [0.2, 0.25) is 5.02 Å². The summed E-state index contributed by atoms with van der Waals surface area (Å²) in [5.41, 5.74) is 0.385. The molecule has 29 heavy (non-hydrogen) atoms. The summed E-state index contributed by atoms with van der Waals surface area (Å²) in [5, 5.41) is 7.82. The number of rotatable bonds is 4. The number of benzene rings is 2. The fraction of sp³-hybridized carbons (Fsp3) is 0.0556. The van der Waals surface area contributed by atoms with E-state index in [0.29, 0.717) is 11.4 Å². The second-order valence-electron chi connectivity index (χ2n) is 5.68. The first-order chi connectivity index (χ1) is 13.7. The molecule has 0 bridgehead atoms. The lowest BCUT2D eigenvalue weighted by Crippen LogP contribution is -2.19. The Kier molecular flexibility index (Phi) is 6.04. The van der Waals surface area contributed by atoms with Crippen LogP contribution in [0.3, 0.4) is 0 Å². The number of anilines is 3. The molecule has 150 valence electrons. The first-order valence-corrected chi connectivity index (χ1v) is 8.75. The summed E-state index contributed by atoms with van der Waals surface area (Å²) < 4.78 is 43.5. The lowest BCUT2D eigenvalue weighted by Gasteiger charge is -2.14. The van der Waals surface area contributed by atoms with Crippen LogP contribution in [0.1, 0.15) is 16.1 Å². The summed E-state index contributed by atoms with van der Waals surface area (Å²) in [4.78, 5) is 15.6. The molecule has 0 spiro atoms. The zero-order valence-electron chi connectivity index (χ0n) is 14.4. The molecule has 0 aliphatic heterocycles. The van der Waals surface area contributed by atoms with Gasteiger partial charge in [0.1, 0.15) is 6.26 Å². The van der Waals surface area contributed by atoms with Gasteiger partial charge in [0.05, 0.1) is 10.6 Å². The van der Waals surface area contributed by atoms with Crippen LogP contribution in [0, 0.1) is 0 Å². The van der Waals surface area contributed by atoms with Gasteiger partial charge in [-0.1, -0.05) is 11.6 Å². The largest absolute Gasteiger partial charge is 0.451 e. The van der Waals surface area contributed by atoms with Gasteiger partial charge in [-0.15, -0.1) is 0 Å². The van der Waals surface area contributed by atoms with Crippen LogP contribution in [-0.2, 0) is 6.18 Å². The van der Waals surface area contributed by atoms with E-state index in [1.165, 1.54) is 12.3 Å². The second kappa shape index (κ2) is 8.50. The Morgan fingerprint density at radius 2 is 1.59 bits per heavy atom. The fourth-order valence-corrected chi connectivity index (χ4v) is 2.73. The van der Waals surface area contributed by atoms with Crippen LogP contribution in [-0.4, -0.2) is 16.0 Å². The minimum Gasteiger partial charge on any atom is -0.451 e. The Labute approximate surface area is 173 Å². The molecule has 0 fully saturated rings. The van der Waals surface area contributed by atoms with E-state index in [0.717, 1.165) is 18.5 Å². The van der Waals surface area contributed by atoms with Gasteiger partial charge < -0.3 is 20.4 Å². The SMILES string of the molecule is O=C(Nc1ccc(NC(=S)Nc2ccc(Cl)c(C(F)(F)F)c2)cc1)c1cocn1. The summed E-state index contributed by atoms with van der Waals surface area (Å²) in [6.07, 6.45) is -2.21. The van der Waals surface area contributed by atoms with Crippen LogP contribution in [0.4, 0.5) is 30.2 Å². The van der Waals surface area contributed by atoms with Crippen molar-refractivity contribution >= 4 is 51.9 Å². The zero-order chi connectivity index (χ0) is 21.0. The lowest BCUT2D eigenvalue weighted by atomic mass is 10.2. The molecule has 1 amide bonds. The predicted octanol–water partition coefficient (Wildman–Crippen LogP) is 5.41. The smallest absolute Gasteiger partial charge is 0.417 e. The van der Waals surface area contributed by atoms with Gasteiger partial charge in [-0.25, -0.2) is 4.98 Å². The maximum atomic E-state index is 12.9. The number of hydrogen-bond acceptors (Lipinski definition) is 4. The quantitative estimate of drug-likeness (QED) is 0.471. The monoisotopic (exact) mass is 440 g/mol. The van der Waals surface area contributed by atoms with E-state index in [-0.39, 0.29) is 16.5 Å². The molecule has 0 saturated carbocycles. The number of nitrogens with zero attached hydrogens (tertiary/aromatic N) is 1. The van der Waals surface area contributed by atoms with Gasteiger partial charge in [-0.2, -0.15) is 13.2 Å². The molecule has 0 aliphatic rings. The average Bonchev–Trinajstić information content (AvgIpc) is 3.19. The van der Waals surface area contributed by atoms with Crippen LogP contribution < -0.4 is 16.0 Å². The normalized spacial score (nSPS) is 11.0. The third-order valence-electron chi connectivity index (χ3n) is 3.60. The zero-order valence-corrected chi connectivity index (χ0v) is 16.0. The minimum absolute atomic E-state index is 0.0832. The summed E-state index contributed by atoms with van der Waals surface area (Å²) in [6.45, 7) is 0. The van der Waals surface area contributed by atoms with Gasteiger partial charge >= 0.3 is 6.18 Å². The van der Waals surface area contributed by atoms with Gasteiger partial charge in [0.2, 0.25) is 0 Å². The van der Waals surface area contributed by atoms with Crippen molar-refractivity contribution in [2.24, 2.45) is 0 Å². The topological polar surface area (TPSA) is 79.2 Å². The number of halogens is 4. The third kappa shape index (κ3) is 5.46. The van der Waals surface area contributed by atoms with E-state index in [2.05, 4.69) is 20.9 Å². The first-order valence-electron chi connectivity index (χ1n) is 7.97. The molecule has 2 aromatic carbocycles. The van der Waals surface area contributed by atoms with E-state index in [1.807, 2.05) is 0 Å². The summed E-state index contributed by atoms with van der Waals surface area (Å²) in [5.74, 6) is -0.431. The van der Waals surface area contributed by atoms with Gasteiger partial charge in [-0.3, -0.25) is 4.79 Å². The Balaban J connectivity index is 1.60. The lowest BCUT2D eigenvalue weighted by molar-refractivity contribution is -0.137. The number of hydrogen-bond donors (Lipinski definition) is 3. The number of carbonyl (C=O) groups is 1. The molecule has 11 heteroatoms. The van der Waals surface area contributed by atoms with Gasteiger partial charge in [0.25, 0.3) is 5.91 Å². The Bertz CT molecular complexity index is 1020. The Hall–Kier alpha value is -3.11. The number of carbonyl (C=O) groups excluding carboxylic acids is 1. The highest BCUT2D eigenvalue weighted by Gasteiger charge is 2.33. The molecule has 3 aromatic rings. The number of nitrogens with one attached hydrogen (secondary N) is 3. The van der Waals surface area contributed by atoms with E-state index in [9.17, 15) is 18.0 Å². The first kappa shape index (κ1) is 20.6. The molecule has 0 saturated heterocycles. The number of thiocarbonyl (C=S) groups is 1. The Morgan fingerprint density at radius 3 is 2.17 bits per heavy atom. The number of aromatic nitrogens is 1. The molecular formula is C18H12ClF3N4O2S. The second-order valence-corrected chi connectivity index (χ2v) is 6.49. The van der Waals surface area contributed by atoms with Crippen molar-refractivity contribution < 1.29 is 22.4 Å². The van der Waals surface area contributed by atoms with Crippen LogP contribution in [0.5, 0.6) is 0 Å². The molecule has 0 unspecified atom stereocenters. The molecule has 1 aromatic heterocycles. The number of amides is 1. The van der Waals surface area contributed by atoms with E-state index in [1.54, 1.807) is 24.3 Å². The highest BCUT2D eigenvalue weighted by Crippen LogP contribution is 2.36. The van der Waals surface area contributed by atoms with Crippen molar-refractivity contribution in [1.29, 1.82) is 0 Å². The standard InChI is InChI=1S/C18H12ClF3N4O2S/c19-14-6-5-12(7-13(14)18(20,21)22)26-17(29)25-11-3-1-10(2-4-11)24-16(27)15-8-28-9-23-15/h1-9H,(H,24,27)(H2,25,26,29). The molecular weight excluding hydrogens is 429 g/mol. The van der Waals surface area contributed by atoms with Crippen LogP contribution >= 0.6 is 23.8 Å². The van der Waals surface area contributed by atoms with Gasteiger partial charge in [0.15, 0.2) is 17.2 Å². The number of oxazole rings is 1. The van der Waals surface area contributed by atoms with E-state index in [4.69, 9.17) is 28.2 Å². The highest BCUT2D eigenvalue weighted by atomic mass is 35.5. The van der Waals surface area contributed by atoms with Gasteiger partial charge in [0, 0.05) is 17.1 Å². The van der Waals surface area contributed by atoms with Crippen LogP contribution in [0.15, 0.2) is 59.5 Å². The molecule has 1 heterocycles. The minimum atomic E-state index is -4.57. The van der Waals surface area contributed by atoms with Crippen molar-refractivity contribution in [3.05, 3.63) is 71.4 Å². The Morgan fingerprint density at radius 1 is 1.00 bits per heavy atom. The maximum absolute atomic E-state index is 12.9. The molecule has 0 radical (unpaired) electrons. The fourth-order valence-electron chi connectivity index (χ4n) is 2.27. The van der Waals surface area contributed by atoms with Crippen molar-refractivity contribution in [2.75, 3.05) is 16.0 Å². The van der Waals surface area contributed by atoms with E-state index >= 15 is 0 Å². The summed E-state index contributed by atoms with van der Waals surface area (Å²) >= 11 is 10.7. The summed E-state index contributed by atoms with van der Waals surface area (Å²) in [7, 11) is 0. The summed E-state index contributed by atoms with van der Waals surface area (Å²) in [6, 6.07) is 9.90. The molecule has 0 aliphatic carbocycles.